The van der Waals surface area contributed by atoms with Crippen molar-refractivity contribution in [2.45, 2.75) is 44.2 Å². The van der Waals surface area contributed by atoms with Gasteiger partial charge in [-0.1, -0.05) is 12.8 Å². The molecule has 4 heteroatoms. The average Bonchev–Trinajstić information content (AvgIpc) is 2.76. The lowest BCUT2D eigenvalue weighted by molar-refractivity contribution is 0.0136. The van der Waals surface area contributed by atoms with Gasteiger partial charge in [-0.05, 0) is 19.8 Å². The zero-order valence-corrected chi connectivity index (χ0v) is 11.0. The largest absolute Gasteiger partial charge is 0.390 e. The lowest BCUT2D eigenvalue weighted by Gasteiger charge is -2.31. The van der Waals surface area contributed by atoms with Crippen LogP contribution >= 0.6 is 0 Å². The first-order valence-corrected chi connectivity index (χ1v) is 6.91. The van der Waals surface area contributed by atoms with Crippen molar-refractivity contribution in [1.82, 2.24) is 10.2 Å². The summed E-state index contributed by atoms with van der Waals surface area (Å²) in [5.74, 6) is 0. The molecule has 1 unspecified atom stereocenters. The van der Waals surface area contributed by atoms with E-state index in [0.717, 1.165) is 32.8 Å². The van der Waals surface area contributed by atoms with E-state index < -0.39 is 0 Å². The van der Waals surface area contributed by atoms with Gasteiger partial charge in [0.1, 0.15) is 0 Å². The molecular weight excluding hydrogens is 216 g/mol. The highest BCUT2D eigenvalue weighted by molar-refractivity contribution is 4.89. The van der Waals surface area contributed by atoms with E-state index in [9.17, 15) is 5.11 Å². The third-order valence-electron chi connectivity index (χ3n) is 4.04. The van der Waals surface area contributed by atoms with Crippen LogP contribution in [0.1, 0.15) is 32.6 Å². The van der Waals surface area contributed by atoms with Gasteiger partial charge in [0, 0.05) is 31.7 Å². The smallest absolute Gasteiger partial charge is 0.0791 e. The second-order valence-electron chi connectivity index (χ2n) is 5.72. The number of hydrogen-bond acceptors (Lipinski definition) is 4. The molecule has 0 aromatic carbocycles. The molecule has 0 radical (unpaired) electrons. The molecule has 2 N–H and O–H groups in total. The maximum atomic E-state index is 10.0. The second kappa shape index (κ2) is 6.14. The van der Waals surface area contributed by atoms with Crippen LogP contribution in [0, 0.1) is 0 Å². The van der Waals surface area contributed by atoms with Gasteiger partial charge in [0.2, 0.25) is 0 Å². The van der Waals surface area contributed by atoms with Crippen molar-refractivity contribution in [3.8, 4) is 0 Å². The van der Waals surface area contributed by atoms with Crippen LogP contribution in [0.4, 0.5) is 0 Å². The van der Waals surface area contributed by atoms with E-state index in [1.165, 1.54) is 25.7 Å². The average molecular weight is 242 g/mol. The van der Waals surface area contributed by atoms with E-state index in [4.69, 9.17) is 4.74 Å². The van der Waals surface area contributed by atoms with Gasteiger partial charge in [0.15, 0.2) is 0 Å². The van der Waals surface area contributed by atoms with Crippen LogP contribution in [0.15, 0.2) is 0 Å². The van der Waals surface area contributed by atoms with Gasteiger partial charge < -0.3 is 15.2 Å². The minimum Gasteiger partial charge on any atom is -0.390 e. The first kappa shape index (κ1) is 13.3. The molecule has 1 aliphatic heterocycles. The normalized spacial score (nSPS) is 27.2. The van der Waals surface area contributed by atoms with Crippen LogP contribution in [-0.4, -0.2) is 61.0 Å². The van der Waals surface area contributed by atoms with Crippen molar-refractivity contribution in [2.75, 3.05) is 39.4 Å². The highest BCUT2D eigenvalue weighted by Gasteiger charge is 2.28. The molecule has 0 amide bonds. The molecule has 100 valence electrons. The third kappa shape index (κ3) is 4.21. The van der Waals surface area contributed by atoms with Gasteiger partial charge in [0.05, 0.1) is 19.3 Å². The molecule has 1 aliphatic carbocycles. The summed E-state index contributed by atoms with van der Waals surface area (Å²) in [5, 5.41) is 13.6. The summed E-state index contributed by atoms with van der Waals surface area (Å²) < 4.78 is 5.30. The highest BCUT2D eigenvalue weighted by Crippen LogP contribution is 2.28. The molecule has 2 rings (SSSR count). The Bertz CT molecular complexity index is 223. The van der Waals surface area contributed by atoms with Crippen molar-refractivity contribution in [3.63, 3.8) is 0 Å². The highest BCUT2D eigenvalue weighted by atomic mass is 16.5. The summed E-state index contributed by atoms with van der Waals surface area (Å²) in [6, 6.07) is 0. The maximum Gasteiger partial charge on any atom is 0.0791 e. The monoisotopic (exact) mass is 242 g/mol. The first-order chi connectivity index (χ1) is 8.18. The van der Waals surface area contributed by atoms with Crippen molar-refractivity contribution in [1.29, 1.82) is 0 Å². The van der Waals surface area contributed by atoms with Crippen molar-refractivity contribution in [2.24, 2.45) is 0 Å². The number of ether oxygens (including phenoxy) is 1. The molecular formula is C13H26N2O2. The minimum absolute atomic E-state index is 0.259. The van der Waals surface area contributed by atoms with Crippen molar-refractivity contribution < 1.29 is 9.84 Å². The van der Waals surface area contributed by atoms with Crippen LogP contribution in [0.25, 0.3) is 0 Å². The Kier molecular flexibility index (Phi) is 4.79. The van der Waals surface area contributed by atoms with Gasteiger partial charge >= 0.3 is 0 Å². The Labute approximate surface area is 104 Å². The number of aliphatic hydroxyl groups excluding tert-OH is 1. The molecule has 0 aromatic rings. The van der Waals surface area contributed by atoms with Crippen LogP contribution in [0.2, 0.25) is 0 Å². The molecule has 1 atom stereocenters. The lowest BCUT2D eigenvalue weighted by atomic mass is 10.0. The standard InChI is InChI=1S/C13H26N2O2/c1-13(4-2-3-5-13)14-10-12(16)11-15-6-8-17-9-7-15/h12,14,16H,2-11H2,1H3. The summed E-state index contributed by atoms with van der Waals surface area (Å²) >= 11 is 0. The lowest BCUT2D eigenvalue weighted by Crippen LogP contribution is -2.48. The van der Waals surface area contributed by atoms with Gasteiger partial charge in [-0.25, -0.2) is 0 Å². The molecule has 2 fully saturated rings. The molecule has 0 aromatic heterocycles. The quantitative estimate of drug-likeness (QED) is 0.741. The second-order valence-corrected chi connectivity index (χ2v) is 5.72. The summed E-state index contributed by atoms with van der Waals surface area (Å²) in [6.45, 7) is 7.28. The molecule has 0 bridgehead atoms. The zero-order valence-electron chi connectivity index (χ0n) is 11.0. The zero-order chi connectivity index (χ0) is 12.1. The molecule has 0 spiro atoms. The van der Waals surface area contributed by atoms with E-state index in [1.54, 1.807) is 0 Å². The number of nitrogens with zero attached hydrogens (tertiary/aromatic N) is 1. The van der Waals surface area contributed by atoms with E-state index in [2.05, 4.69) is 17.1 Å². The Hall–Kier alpha value is -0.160. The number of nitrogens with one attached hydrogen (secondary N) is 1. The fraction of sp³-hybridized carbons (Fsp3) is 1.00. The fourth-order valence-electron chi connectivity index (χ4n) is 2.84. The van der Waals surface area contributed by atoms with E-state index >= 15 is 0 Å². The minimum atomic E-state index is -0.259. The molecule has 1 saturated carbocycles. The molecule has 4 nitrogen and oxygen atoms in total. The van der Waals surface area contributed by atoms with Crippen LogP contribution in [0.3, 0.4) is 0 Å². The molecule has 2 aliphatic rings. The number of hydrogen-bond donors (Lipinski definition) is 2. The first-order valence-electron chi connectivity index (χ1n) is 6.91. The summed E-state index contributed by atoms with van der Waals surface area (Å²) in [4.78, 5) is 2.28. The topological polar surface area (TPSA) is 44.7 Å². The SMILES string of the molecule is CC1(NCC(O)CN2CCOCC2)CCCC1. The summed E-state index contributed by atoms with van der Waals surface area (Å²) in [5.41, 5.74) is 0.270. The number of aliphatic hydroxyl groups is 1. The van der Waals surface area contributed by atoms with Crippen LogP contribution in [0.5, 0.6) is 0 Å². The Morgan fingerprint density at radius 1 is 1.29 bits per heavy atom. The maximum absolute atomic E-state index is 10.0. The predicted molar refractivity (Wildman–Crippen MR) is 68.1 cm³/mol. The Morgan fingerprint density at radius 3 is 2.59 bits per heavy atom. The summed E-state index contributed by atoms with van der Waals surface area (Å²) in [6.07, 6.45) is 4.88. The van der Waals surface area contributed by atoms with Gasteiger partial charge in [-0.15, -0.1) is 0 Å². The van der Waals surface area contributed by atoms with Crippen molar-refractivity contribution in [3.05, 3.63) is 0 Å². The van der Waals surface area contributed by atoms with Crippen LogP contribution in [-0.2, 0) is 4.74 Å². The number of rotatable bonds is 5. The van der Waals surface area contributed by atoms with E-state index in [0.29, 0.717) is 6.54 Å². The molecule has 1 heterocycles. The molecule has 1 saturated heterocycles. The third-order valence-corrected chi connectivity index (χ3v) is 4.04. The fourth-order valence-corrected chi connectivity index (χ4v) is 2.84. The summed E-state index contributed by atoms with van der Waals surface area (Å²) in [7, 11) is 0. The Balaban J connectivity index is 1.64. The number of β-amino-alcohol motifs (C(OH)–C–C–N with tert-alkyl or cyclic N) is 1. The van der Waals surface area contributed by atoms with E-state index in [-0.39, 0.29) is 11.6 Å². The van der Waals surface area contributed by atoms with Crippen molar-refractivity contribution >= 4 is 0 Å². The van der Waals surface area contributed by atoms with Crippen LogP contribution < -0.4 is 5.32 Å². The van der Waals surface area contributed by atoms with Gasteiger partial charge in [-0.3, -0.25) is 4.90 Å². The van der Waals surface area contributed by atoms with E-state index in [1.807, 2.05) is 0 Å². The number of morpholine rings is 1. The Morgan fingerprint density at radius 2 is 1.94 bits per heavy atom. The van der Waals surface area contributed by atoms with Gasteiger partial charge in [0.25, 0.3) is 0 Å². The predicted octanol–water partition coefficient (Wildman–Crippen LogP) is 0.602. The molecule has 17 heavy (non-hydrogen) atoms. The van der Waals surface area contributed by atoms with Gasteiger partial charge in [-0.2, -0.15) is 0 Å².